The van der Waals surface area contributed by atoms with Crippen LogP contribution in [0.5, 0.6) is 0 Å². The van der Waals surface area contributed by atoms with Crippen molar-refractivity contribution in [1.82, 2.24) is 0 Å². The fourth-order valence-corrected chi connectivity index (χ4v) is 16.0. The number of aliphatic hydroxyl groups excluding tert-OH is 5. The van der Waals surface area contributed by atoms with Gasteiger partial charge >= 0.3 is 0 Å². The van der Waals surface area contributed by atoms with Crippen molar-refractivity contribution >= 4 is 63.1 Å². The molecule has 0 atom stereocenters. The van der Waals surface area contributed by atoms with Gasteiger partial charge in [-0.2, -0.15) is 10.5 Å². The lowest BCUT2D eigenvalue weighted by Gasteiger charge is -2.36. The van der Waals surface area contributed by atoms with Gasteiger partial charge in [-0.3, -0.25) is 0 Å². The Bertz CT molecular complexity index is 5540. The van der Waals surface area contributed by atoms with E-state index in [9.17, 15) is 5.11 Å². The lowest BCUT2D eigenvalue weighted by atomic mass is 9.80. The van der Waals surface area contributed by atoms with Crippen LogP contribution < -0.4 is 11.5 Å². The molecule has 778 valence electrons. The molecule has 149 heavy (non-hydrogen) atoms. The molecule has 0 fully saturated rings. The van der Waals surface area contributed by atoms with E-state index in [4.69, 9.17) is 101 Å². The number of rotatable bonds is 39. The number of alkyl halides is 4. The fraction of sp³-hybridized carbons (Fsp3) is 0.200. The monoisotopic (exact) mass is 2140 g/mol. The first kappa shape index (κ1) is 128. The predicted octanol–water partition coefficient (Wildman–Crippen LogP) is 28.5. The minimum absolute atomic E-state index is 0. The van der Waals surface area contributed by atoms with Crippen molar-refractivity contribution in [3.8, 4) is 12.1 Å². The van der Waals surface area contributed by atoms with Crippen molar-refractivity contribution in [1.29, 1.82) is 10.5 Å². The molecule has 0 heterocycles. The topological polar surface area (TPSA) is 247 Å². The third-order valence-corrected chi connectivity index (χ3v) is 23.9. The molecule has 0 radical (unpaired) electrons. The molecule has 15 rings (SSSR count). The molecule has 0 spiro atoms. The molecule has 0 saturated carbocycles. The van der Waals surface area contributed by atoms with E-state index in [0.717, 1.165) is 144 Å². The second-order valence-electron chi connectivity index (χ2n) is 32.8. The molecule has 19 heteroatoms. The van der Waals surface area contributed by atoms with Crippen molar-refractivity contribution in [2.24, 2.45) is 11.5 Å². The summed E-state index contributed by atoms with van der Waals surface area (Å²) in [5.41, 5.74) is 28.7. The smallest absolute Gasteiger partial charge is 0.144 e. The molecule has 0 aliphatic rings. The first-order valence-electron chi connectivity index (χ1n) is 48.6. The van der Waals surface area contributed by atoms with Gasteiger partial charge in [0.15, 0.2) is 0 Å². The average Bonchev–Trinajstić information content (AvgIpc) is 0.781. The lowest BCUT2D eigenvalue weighted by Crippen LogP contribution is -2.33. The summed E-state index contributed by atoms with van der Waals surface area (Å²) in [4.78, 5) is -0.649. The first-order chi connectivity index (χ1) is 72.3. The zero-order valence-electron chi connectivity index (χ0n) is 85.8. The number of halogens is 5. The normalized spacial score (nSPS) is 10.4. The zero-order valence-corrected chi connectivity index (χ0v) is 90.5. The Balaban J connectivity index is 0.000000365. The maximum Gasteiger partial charge on any atom is 0.144 e. The SMILES string of the molecule is C=C(CBr)COC(c1ccccc1)(c1ccccc1)c1ccccc1.C=C(CC#N)COC(c1ccccc1)(c1ccccc1)c1ccccc1.C=C(CCN)COC(c1ccccc1)(c1ccccc1)c1ccccc1.C=C(CO)CCN.C=C(CO)CO.C=C(CO)COC(c1ccccc1)(c1ccccc1)c1ccccc1.CC#N.CCOCC.CO.Cl.ClC(c1ccccc1)(c1ccccc1)c1ccccc1.ClCCl. The Labute approximate surface area is 915 Å². The molecule has 0 aliphatic carbocycles. The van der Waals surface area contributed by atoms with Crippen LogP contribution in [0.25, 0.3) is 0 Å². The molecule has 0 saturated heterocycles. The second kappa shape index (κ2) is 75.6. The van der Waals surface area contributed by atoms with Crippen molar-refractivity contribution in [3.05, 3.63) is 611 Å². The highest BCUT2D eigenvalue weighted by Crippen LogP contribution is 2.47. The van der Waals surface area contributed by atoms with E-state index in [1.807, 2.05) is 250 Å². The van der Waals surface area contributed by atoms with Gasteiger partial charge in [0.25, 0.3) is 0 Å². The standard InChI is InChI=1S/C24H25NO.C24H21NO.C23H21BrO.C23H22O2.C19H15Cl.C5H11NO.C4H8O2.C4H10O.C2H3N.CH2Cl2.CH4O.ClH/c2*1-20(17-18-25)19-26-24(21-11-5-2-6-12-21,22-13-7-3-8-14-22)23-15-9-4-10-16-23;2*1-19(17-24)18-25-23(20-11-5-2-6-12-20,21-13-7-3-8-14-21)22-15-9-4-10-16-22;20-19(16-10-4-1-5-11-16,17-12-6-2-7-13-17)18-14-8-3-9-15-18;1-5(4-7)2-3-6;1-4(2-5)3-6;1-3-5-4-2;1-2-3;2-1-3;1-2;/h2-16H,1,17-19,25H2;2-16H,1,17,19H2;2-16H,1,17-18H2;2-16,24H,1,17-18H2;1-15H;7H,1-4,6H2;5-6H,1-3H2;3-4H2,1-2H3;1H3;1H2;2H,1H3;1H. The summed E-state index contributed by atoms with van der Waals surface area (Å²) in [6, 6.07) is 158. The Morgan fingerprint density at radius 3 is 0.577 bits per heavy atom. The number of nitrogens with zero attached hydrogens (tertiary/aromatic N) is 2. The van der Waals surface area contributed by atoms with Gasteiger partial charge in [-0.1, -0.05) is 522 Å². The van der Waals surface area contributed by atoms with Crippen LogP contribution in [0.1, 0.15) is 123 Å². The maximum absolute atomic E-state index is 9.36. The summed E-state index contributed by atoms with van der Waals surface area (Å²) < 4.78 is 31.1. The van der Waals surface area contributed by atoms with Crippen LogP contribution in [0.3, 0.4) is 0 Å². The van der Waals surface area contributed by atoms with Crippen LogP contribution in [0.2, 0.25) is 0 Å². The number of benzene rings is 15. The van der Waals surface area contributed by atoms with Crippen LogP contribution in [-0.2, 0) is 51.0 Å². The quantitative estimate of drug-likeness (QED) is 0.0108. The minimum Gasteiger partial charge on any atom is -0.400 e. The average molecular weight is 2140 g/mol. The summed E-state index contributed by atoms with van der Waals surface area (Å²) in [5, 5.41) is 58.0. The second-order valence-corrected chi connectivity index (χ2v) is 34.7. The van der Waals surface area contributed by atoms with Gasteiger partial charge in [0, 0.05) is 32.6 Å². The lowest BCUT2D eigenvalue weighted by molar-refractivity contribution is 0.0245. The maximum atomic E-state index is 9.36. The van der Waals surface area contributed by atoms with Crippen molar-refractivity contribution in [2.75, 3.05) is 96.9 Å². The first-order valence-corrected chi connectivity index (χ1v) is 51.1. The molecule has 14 nitrogen and oxygen atoms in total. The van der Waals surface area contributed by atoms with E-state index in [1.54, 1.807) is 6.07 Å². The van der Waals surface area contributed by atoms with E-state index in [-0.39, 0.29) is 57.2 Å². The molecule has 0 amide bonds. The Morgan fingerprint density at radius 2 is 0.443 bits per heavy atom. The molecule has 15 aromatic rings. The van der Waals surface area contributed by atoms with Crippen LogP contribution in [0.15, 0.2) is 528 Å². The van der Waals surface area contributed by atoms with Crippen LogP contribution in [0.4, 0.5) is 0 Å². The highest BCUT2D eigenvalue weighted by molar-refractivity contribution is 9.09. The van der Waals surface area contributed by atoms with Gasteiger partial charge in [-0.05, 0) is 146 Å². The highest BCUT2D eigenvalue weighted by atomic mass is 79.9. The fourth-order valence-electron chi connectivity index (χ4n) is 15.5. The zero-order chi connectivity index (χ0) is 108. The number of ether oxygens (including phenoxy) is 5. The van der Waals surface area contributed by atoms with Gasteiger partial charge < -0.3 is 60.7 Å². The summed E-state index contributed by atoms with van der Waals surface area (Å²) in [5.74, 6) is 0. The summed E-state index contributed by atoms with van der Waals surface area (Å²) in [7, 11) is 1.00. The third kappa shape index (κ3) is 40.7. The Hall–Kier alpha value is -13.1. The van der Waals surface area contributed by atoms with Crippen molar-refractivity contribution < 1.29 is 49.2 Å². The van der Waals surface area contributed by atoms with E-state index in [0.29, 0.717) is 44.1 Å². The molecular weight excluding hydrogens is 2000 g/mol. The van der Waals surface area contributed by atoms with Gasteiger partial charge in [0.2, 0.25) is 0 Å². The number of hydrogen-bond acceptors (Lipinski definition) is 14. The minimum atomic E-state index is -0.762. The van der Waals surface area contributed by atoms with Crippen molar-refractivity contribution in [2.45, 2.75) is 67.3 Å². The van der Waals surface area contributed by atoms with Crippen LogP contribution in [0, 0.1) is 22.7 Å². The Kier molecular flexibility index (Phi) is 65.0. The summed E-state index contributed by atoms with van der Waals surface area (Å²) in [6.07, 6.45) is 1.78. The molecule has 0 aromatic heterocycles. The molecule has 15 aromatic carbocycles. The van der Waals surface area contributed by atoms with Gasteiger partial charge in [0.1, 0.15) is 27.3 Å². The van der Waals surface area contributed by atoms with Gasteiger partial charge in [-0.15, -0.1) is 47.2 Å². The van der Waals surface area contributed by atoms with E-state index < -0.39 is 27.3 Å². The van der Waals surface area contributed by atoms with Gasteiger partial charge in [0.05, 0.1) is 76.8 Å². The largest absolute Gasteiger partial charge is 0.400 e. The number of hydrogen-bond donors (Lipinski definition) is 7. The molecular formula is C130H143BrCl4N4O10. The summed E-state index contributed by atoms with van der Waals surface area (Å²) >= 11 is 20.1. The number of nitrogens with two attached hydrogens (primary N) is 2. The highest BCUT2D eigenvalue weighted by Gasteiger charge is 2.42. The van der Waals surface area contributed by atoms with Crippen LogP contribution >= 0.6 is 63.1 Å². The predicted molar refractivity (Wildman–Crippen MR) is 626 cm³/mol. The molecule has 0 unspecified atom stereocenters. The number of aliphatic hydroxyl groups is 5. The van der Waals surface area contributed by atoms with Gasteiger partial charge in [-0.25, -0.2) is 0 Å². The third-order valence-electron chi connectivity index (χ3n) is 22.5. The molecule has 9 N–H and O–H groups in total. The van der Waals surface area contributed by atoms with E-state index in [2.05, 4.69) is 280 Å². The molecule has 0 bridgehead atoms. The summed E-state index contributed by atoms with van der Waals surface area (Å²) in [6.45, 7) is 32.4. The van der Waals surface area contributed by atoms with E-state index in [1.165, 1.54) is 6.92 Å². The van der Waals surface area contributed by atoms with Crippen LogP contribution in [-0.4, -0.2) is 122 Å². The number of nitriles is 2. The Morgan fingerprint density at radius 1 is 0.289 bits per heavy atom. The van der Waals surface area contributed by atoms with Crippen molar-refractivity contribution in [3.63, 3.8) is 0 Å². The van der Waals surface area contributed by atoms with E-state index >= 15 is 0 Å². The molecule has 0 aliphatic heterocycles.